The van der Waals surface area contributed by atoms with Crippen molar-refractivity contribution in [2.24, 2.45) is 5.16 Å². The lowest BCUT2D eigenvalue weighted by molar-refractivity contribution is -0.117. The molecule has 1 heterocycles. The number of nitrogens with one attached hydrogen (secondary N) is 1. The number of amidine groups is 1. The molecule has 1 atom stereocenters. The van der Waals surface area contributed by atoms with E-state index >= 15 is 0 Å². The lowest BCUT2D eigenvalue weighted by Crippen LogP contribution is -2.45. The van der Waals surface area contributed by atoms with E-state index in [0.29, 0.717) is 23.9 Å². The average Bonchev–Trinajstić information content (AvgIpc) is 2.49. The zero-order valence-electron chi connectivity index (χ0n) is 13.9. The molecule has 0 aliphatic carbocycles. The number of rotatable bonds is 5. The van der Waals surface area contributed by atoms with Crippen LogP contribution in [-0.2, 0) is 9.63 Å². The fourth-order valence-corrected chi connectivity index (χ4v) is 1.84. The van der Waals surface area contributed by atoms with Crippen LogP contribution >= 0.6 is 12.4 Å². The van der Waals surface area contributed by atoms with Crippen molar-refractivity contribution < 1.29 is 24.6 Å². The third-order valence-corrected chi connectivity index (χ3v) is 2.91. The fraction of sp³-hybridized carbons (Fsp3) is 0.467. The minimum Gasteiger partial charge on any atom is -0.485 e. The molecule has 2 rings (SSSR count). The van der Waals surface area contributed by atoms with Gasteiger partial charge in [-0.3, -0.25) is 4.79 Å². The first-order valence-electron chi connectivity index (χ1n) is 7.07. The second-order valence-corrected chi connectivity index (χ2v) is 5.16. The Morgan fingerprint density at radius 1 is 1.38 bits per heavy atom. The molecule has 1 unspecified atom stereocenters. The summed E-state index contributed by atoms with van der Waals surface area (Å²) in [4.78, 5) is 18.6. The minimum atomic E-state index is -0.516. The van der Waals surface area contributed by atoms with E-state index < -0.39 is 6.10 Å². The first-order valence-corrected chi connectivity index (χ1v) is 7.07. The summed E-state index contributed by atoms with van der Waals surface area (Å²) in [6, 6.07) is 7.36. The van der Waals surface area contributed by atoms with E-state index in [1.54, 1.807) is 6.07 Å². The van der Waals surface area contributed by atoms with Gasteiger partial charge in [0.1, 0.15) is 13.2 Å². The molecule has 24 heavy (non-hydrogen) atoms. The molecule has 136 valence electrons. The third kappa shape index (κ3) is 6.61. The van der Waals surface area contributed by atoms with Gasteiger partial charge in [-0.2, -0.15) is 0 Å². The number of likely N-dealkylation sites (N-methyl/N-ethyl adjacent to an activating group) is 1. The average molecular weight is 362 g/mol. The Balaban J connectivity index is 0.00000264. The molecule has 0 spiro atoms. The standard InChI is InChI=1S/C15H21N3O4.ClH.H2O/c1-11(19)16-15(17-21-9-8-18(2)3)14-10-20-12-6-4-5-7-13(12)22-14;;/h4-7,14H,8-10H2,1-3H3,(H,16,17,19);1H;1H2. The summed E-state index contributed by atoms with van der Waals surface area (Å²) in [5, 5.41) is 6.62. The summed E-state index contributed by atoms with van der Waals surface area (Å²) in [5.74, 6) is 1.36. The lowest BCUT2D eigenvalue weighted by atomic mass is 10.2. The number of carbonyl (C=O) groups is 1. The molecule has 0 aromatic heterocycles. The van der Waals surface area contributed by atoms with Crippen molar-refractivity contribution in [3.63, 3.8) is 0 Å². The summed E-state index contributed by atoms with van der Waals surface area (Å²) in [5.41, 5.74) is 0. The SMILES string of the molecule is CC(=O)N/C(=N\OCCN(C)C)C1COc2ccccc2O1.Cl.O. The predicted molar refractivity (Wildman–Crippen MR) is 93.0 cm³/mol. The van der Waals surface area contributed by atoms with Crippen LogP contribution < -0.4 is 14.8 Å². The Hall–Kier alpha value is -2.03. The molecule has 0 saturated carbocycles. The molecule has 1 aliphatic heterocycles. The highest BCUT2D eigenvalue weighted by Crippen LogP contribution is 2.30. The molecule has 1 aliphatic rings. The second-order valence-electron chi connectivity index (χ2n) is 5.16. The Bertz CT molecular complexity index is 554. The summed E-state index contributed by atoms with van der Waals surface area (Å²) in [6.07, 6.45) is -0.516. The van der Waals surface area contributed by atoms with Crippen LogP contribution in [0.2, 0.25) is 0 Å². The van der Waals surface area contributed by atoms with Gasteiger partial charge in [0, 0.05) is 13.5 Å². The van der Waals surface area contributed by atoms with Gasteiger partial charge in [-0.15, -0.1) is 12.4 Å². The predicted octanol–water partition coefficient (Wildman–Crippen LogP) is 0.451. The maximum Gasteiger partial charge on any atom is 0.222 e. The molecule has 3 N–H and O–H groups in total. The Kier molecular flexibility index (Phi) is 9.79. The van der Waals surface area contributed by atoms with E-state index in [1.165, 1.54) is 6.92 Å². The van der Waals surface area contributed by atoms with Gasteiger partial charge < -0.3 is 30.0 Å². The number of hydrogen-bond donors (Lipinski definition) is 1. The van der Waals surface area contributed by atoms with E-state index in [2.05, 4.69) is 10.5 Å². The molecular formula is C15H24ClN3O5. The molecule has 1 aromatic carbocycles. The van der Waals surface area contributed by atoms with Crippen LogP contribution in [0.5, 0.6) is 11.5 Å². The van der Waals surface area contributed by atoms with Gasteiger partial charge in [-0.05, 0) is 26.2 Å². The number of nitrogens with zero attached hydrogens (tertiary/aromatic N) is 2. The van der Waals surface area contributed by atoms with Crippen LogP contribution in [0, 0.1) is 0 Å². The van der Waals surface area contributed by atoms with Gasteiger partial charge in [0.05, 0.1) is 0 Å². The fourth-order valence-electron chi connectivity index (χ4n) is 1.84. The normalized spacial score (nSPS) is 15.8. The Morgan fingerprint density at radius 2 is 2.04 bits per heavy atom. The third-order valence-electron chi connectivity index (χ3n) is 2.91. The summed E-state index contributed by atoms with van der Waals surface area (Å²) >= 11 is 0. The molecular weight excluding hydrogens is 338 g/mol. The number of para-hydroxylation sites is 2. The van der Waals surface area contributed by atoms with Crippen molar-refractivity contribution >= 4 is 24.1 Å². The zero-order chi connectivity index (χ0) is 15.9. The summed E-state index contributed by atoms with van der Waals surface area (Å²) < 4.78 is 11.4. The number of amides is 1. The van der Waals surface area contributed by atoms with Crippen molar-refractivity contribution in [3.8, 4) is 11.5 Å². The number of ether oxygens (including phenoxy) is 2. The van der Waals surface area contributed by atoms with Crippen molar-refractivity contribution in [3.05, 3.63) is 24.3 Å². The highest BCUT2D eigenvalue weighted by Gasteiger charge is 2.27. The molecule has 8 nitrogen and oxygen atoms in total. The number of oxime groups is 1. The highest BCUT2D eigenvalue weighted by molar-refractivity contribution is 5.99. The number of hydrogen-bond acceptors (Lipinski definition) is 6. The molecule has 1 amide bonds. The first-order chi connectivity index (χ1) is 10.6. The molecule has 9 heteroatoms. The van der Waals surface area contributed by atoms with Gasteiger partial charge in [-0.1, -0.05) is 17.3 Å². The molecule has 0 saturated heterocycles. The number of fused-ring (bicyclic) bond motifs is 1. The Labute approximate surface area is 147 Å². The van der Waals surface area contributed by atoms with Gasteiger partial charge >= 0.3 is 0 Å². The number of halogens is 1. The van der Waals surface area contributed by atoms with E-state index in [1.807, 2.05) is 37.2 Å². The van der Waals surface area contributed by atoms with Crippen LogP contribution in [0.15, 0.2) is 29.4 Å². The second kappa shape index (κ2) is 10.7. The van der Waals surface area contributed by atoms with Crippen molar-refractivity contribution in [1.82, 2.24) is 10.2 Å². The van der Waals surface area contributed by atoms with Gasteiger partial charge in [0.2, 0.25) is 5.91 Å². The summed E-state index contributed by atoms with van der Waals surface area (Å²) in [6.45, 7) is 2.81. The largest absolute Gasteiger partial charge is 0.485 e. The van der Waals surface area contributed by atoms with Crippen molar-refractivity contribution in [2.45, 2.75) is 13.0 Å². The van der Waals surface area contributed by atoms with Crippen LogP contribution in [0.3, 0.4) is 0 Å². The zero-order valence-corrected chi connectivity index (χ0v) is 14.8. The van der Waals surface area contributed by atoms with Gasteiger partial charge in [0.25, 0.3) is 0 Å². The van der Waals surface area contributed by atoms with Gasteiger partial charge in [-0.25, -0.2) is 0 Å². The molecule has 0 bridgehead atoms. The number of benzene rings is 1. The van der Waals surface area contributed by atoms with Crippen molar-refractivity contribution in [2.75, 3.05) is 33.9 Å². The van der Waals surface area contributed by atoms with E-state index in [4.69, 9.17) is 14.3 Å². The Morgan fingerprint density at radius 3 is 2.67 bits per heavy atom. The monoisotopic (exact) mass is 361 g/mol. The number of carbonyl (C=O) groups excluding carboxylic acids is 1. The van der Waals surface area contributed by atoms with Crippen LogP contribution in [0.25, 0.3) is 0 Å². The first kappa shape index (κ1) is 22.0. The van der Waals surface area contributed by atoms with E-state index in [9.17, 15) is 4.79 Å². The van der Waals surface area contributed by atoms with Crippen LogP contribution in [0.1, 0.15) is 6.92 Å². The maximum atomic E-state index is 11.3. The lowest BCUT2D eigenvalue weighted by Gasteiger charge is -2.26. The molecule has 0 radical (unpaired) electrons. The summed E-state index contributed by atoms with van der Waals surface area (Å²) in [7, 11) is 3.88. The topological polar surface area (TPSA) is 104 Å². The minimum absolute atomic E-state index is 0. The van der Waals surface area contributed by atoms with Crippen LogP contribution in [0.4, 0.5) is 0 Å². The maximum absolute atomic E-state index is 11.3. The van der Waals surface area contributed by atoms with E-state index in [0.717, 1.165) is 6.54 Å². The quantitative estimate of drug-likeness (QED) is 0.355. The van der Waals surface area contributed by atoms with Crippen molar-refractivity contribution in [1.29, 1.82) is 0 Å². The van der Waals surface area contributed by atoms with E-state index in [-0.39, 0.29) is 30.4 Å². The molecule has 1 aromatic rings. The smallest absolute Gasteiger partial charge is 0.222 e. The molecule has 0 fully saturated rings. The van der Waals surface area contributed by atoms with Crippen LogP contribution in [-0.4, -0.2) is 62.1 Å². The highest BCUT2D eigenvalue weighted by atomic mass is 35.5. The van der Waals surface area contributed by atoms with Gasteiger partial charge in [0.15, 0.2) is 23.4 Å².